The van der Waals surface area contributed by atoms with Gasteiger partial charge < -0.3 is 14.6 Å². The lowest BCUT2D eigenvalue weighted by atomic mass is 9.99. The predicted octanol–water partition coefficient (Wildman–Crippen LogP) is 1.18. The summed E-state index contributed by atoms with van der Waals surface area (Å²) in [6.45, 7) is 2.13. The molecular formula is C13H18N4O. The molecule has 2 aromatic heterocycles. The number of aryl methyl sites for hydroxylation is 1. The summed E-state index contributed by atoms with van der Waals surface area (Å²) in [6.07, 6.45) is 5.87. The number of hydrogen-bond donors (Lipinski definition) is 1. The third-order valence-electron chi connectivity index (χ3n) is 3.70. The lowest BCUT2D eigenvalue weighted by molar-refractivity contribution is 0.208. The molecule has 5 heteroatoms. The average Bonchev–Trinajstić information content (AvgIpc) is 2.81. The standard InChI is InChI=1S/C13H18N4O/c1-16-9-15-12-11(16)4-5-14-13(12)17-6-2-3-10(7-17)8-18/h4-5,9-10,18H,2-3,6-8H2,1H3. The molecule has 0 radical (unpaired) electrons. The van der Waals surface area contributed by atoms with E-state index in [1.165, 1.54) is 0 Å². The van der Waals surface area contributed by atoms with Crippen LogP contribution in [0.5, 0.6) is 0 Å². The molecule has 3 rings (SSSR count). The molecule has 1 aliphatic heterocycles. The number of anilines is 1. The second-order valence-electron chi connectivity index (χ2n) is 4.99. The molecule has 18 heavy (non-hydrogen) atoms. The van der Waals surface area contributed by atoms with E-state index in [9.17, 15) is 5.11 Å². The fraction of sp³-hybridized carbons (Fsp3) is 0.538. The van der Waals surface area contributed by atoms with Crippen molar-refractivity contribution in [2.75, 3.05) is 24.6 Å². The van der Waals surface area contributed by atoms with Crippen molar-refractivity contribution in [2.45, 2.75) is 12.8 Å². The molecule has 0 bridgehead atoms. The van der Waals surface area contributed by atoms with E-state index in [0.29, 0.717) is 5.92 Å². The number of hydrogen-bond acceptors (Lipinski definition) is 4. The Labute approximate surface area is 106 Å². The molecule has 1 unspecified atom stereocenters. The van der Waals surface area contributed by atoms with Gasteiger partial charge in [0.05, 0.1) is 11.8 Å². The minimum Gasteiger partial charge on any atom is -0.396 e. The van der Waals surface area contributed by atoms with Crippen molar-refractivity contribution >= 4 is 16.9 Å². The molecule has 0 saturated carbocycles. The largest absolute Gasteiger partial charge is 0.396 e. The van der Waals surface area contributed by atoms with Crippen molar-refractivity contribution in [3.8, 4) is 0 Å². The van der Waals surface area contributed by atoms with Gasteiger partial charge in [-0.1, -0.05) is 0 Å². The zero-order valence-corrected chi connectivity index (χ0v) is 10.6. The van der Waals surface area contributed by atoms with Gasteiger partial charge in [0.1, 0.15) is 5.52 Å². The van der Waals surface area contributed by atoms with Crippen LogP contribution >= 0.6 is 0 Å². The zero-order valence-electron chi connectivity index (χ0n) is 10.6. The number of imidazole rings is 1. The van der Waals surface area contributed by atoms with Crippen molar-refractivity contribution < 1.29 is 5.11 Å². The number of aliphatic hydroxyl groups excluding tert-OH is 1. The normalized spacial score (nSPS) is 20.6. The number of rotatable bonds is 2. The number of fused-ring (bicyclic) bond motifs is 1. The van der Waals surface area contributed by atoms with Gasteiger partial charge in [-0.3, -0.25) is 0 Å². The Balaban J connectivity index is 1.98. The molecule has 2 aromatic rings. The third-order valence-corrected chi connectivity index (χ3v) is 3.70. The monoisotopic (exact) mass is 246 g/mol. The zero-order chi connectivity index (χ0) is 12.5. The highest BCUT2D eigenvalue weighted by Crippen LogP contribution is 2.26. The second kappa shape index (κ2) is 4.57. The van der Waals surface area contributed by atoms with Gasteiger partial charge in [-0.15, -0.1) is 0 Å². The number of nitrogens with zero attached hydrogens (tertiary/aromatic N) is 4. The highest BCUT2D eigenvalue weighted by molar-refractivity contribution is 5.86. The Morgan fingerprint density at radius 2 is 2.33 bits per heavy atom. The first kappa shape index (κ1) is 11.5. The van der Waals surface area contributed by atoms with Gasteiger partial charge in [-0.25, -0.2) is 9.97 Å². The quantitative estimate of drug-likeness (QED) is 0.864. The number of pyridine rings is 1. The predicted molar refractivity (Wildman–Crippen MR) is 70.5 cm³/mol. The summed E-state index contributed by atoms with van der Waals surface area (Å²) >= 11 is 0. The molecule has 1 N–H and O–H groups in total. The SMILES string of the molecule is Cn1cnc2c(N3CCCC(CO)C3)nccc21. The van der Waals surface area contributed by atoms with Crippen molar-refractivity contribution in [1.29, 1.82) is 0 Å². The summed E-state index contributed by atoms with van der Waals surface area (Å²) in [6, 6.07) is 1.99. The van der Waals surface area contributed by atoms with Gasteiger partial charge in [0.25, 0.3) is 0 Å². The summed E-state index contributed by atoms with van der Waals surface area (Å²) < 4.78 is 2.01. The lowest BCUT2D eigenvalue weighted by Gasteiger charge is -2.32. The van der Waals surface area contributed by atoms with Crippen LogP contribution in [0, 0.1) is 5.92 Å². The highest BCUT2D eigenvalue weighted by atomic mass is 16.3. The van der Waals surface area contributed by atoms with Gasteiger partial charge in [0.15, 0.2) is 5.82 Å². The van der Waals surface area contributed by atoms with Gasteiger partial charge in [-0.05, 0) is 24.8 Å². The topological polar surface area (TPSA) is 54.2 Å². The van der Waals surface area contributed by atoms with E-state index in [1.54, 1.807) is 0 Å². The lowest BCUT2D eigenvalue weighted by Crippen LogP contribution is -2.37. The van der Waals surface area contributed by atoms with E-state index in [-0.39, 0.29) is 6.61 Å². The summed E-state index contributed by atoms with van der Waals surface area (Å²) in [5.41, 5.74) is 2.06. The molecule has 1 fully saturated rings. The smallest absolute Gasteiger partial charge is 0.156 e. The van der Waals surface area contributed by atoms with Crippen LogP contribution in [0.15, 0.2) is 18.6 Å². The van der Waals surface area contributed by atoms with E-state index in [1.807, 2.05) is 30.2 Å². The number of aromatic nitrogens is 3. The Bertz CT molecular complexity index is 551. The molecule has 0 aliphatic carbocycles. The summed E-state index contributed by atoms with van der Waals surface area (Å²) in [5, 5.41) is 9.31. The van der Waals surface area contributed by atoms with Crippen molar-refractivity contribution in [3.63, 3.8) is 0 Å². The minimum atomic E-state index is 0.259. The van der Waals surface area contributed by atoms with Crippen LogP contribution in [0.3, 0.4) is 0 Å². The van der Waals surface area contributed by atoms with Crippen LogP contribution in [-0.2, 0) is 7.05 Å². The molecule has 3 heterocycles. The second-order valence-corrected chi connectivity index (χ2v) is 4.99. The van der Waals surface area contributed by atoms with Gasteiger partial charge >= 0.3 is 0 Å². The number of aliphatic hydroxyl groups is 1. The van der Waals surface area contributed by atoms with E-state index < -0.39 is 0 Å². The summed E-state index contributed by atoms with van der Waals surface area (Å²) in [4.78, 5) is 11.2. The molecule has 1 atom stereocenters. The van der Waals surface area contributed by atoms with Crippen LogP contribution in [0.1, 0.15) is 12.8 Å². The summed E-state index contributed by atoms with van der Waals surface area (Å²) in [5.74, 6) is 1.31. The molecular weight excluding hydrogens is 228 g/mol. The maximum absolute atomic E-state index is 9.31. The van der Waals surface area contributed by atoms with E-state index in [2.05, 4.69) is 14.9 Å². The van der Waals surface area contributed by atoms with Crippen LogP contribution in [-0.4, -0.2) is 39.3 Å². The first-order chi connectivity index (χ1) is 8.79. The minimum absolute atomic E-state index is 0.259. The van der Waals surface area contributed by atoms with Crippen LogP contribution in [0.2, 0.25) is 0 Å². The van der Waals surface area contributed by atoms with Gasteiger partial charge in [-0.2, -0.15) is 0 Å². The first-order valence-corrected chi connectivity index (χ1v) is 6.41. The Morgan fingerprint density at radius 3 is 3.17 bits per heavy atom. The van der Waals surface area contributed by atoms with Crippen LogP contribution < -0.4 is 4.90 Å². The maximum Gasteiger partial charge on any atom is 0.156 e. The fourth-order valence-corrected chi connectivity index (χ4v) is 2.69. The fourth-order valence-electron chi connectivity index (χ4n) is 2.69. The number of piperidine rings is 1. The molecule has 0 amide bonds. The van der Waals surface area contributed by atoms with E-state index in [4.69, 9.17) is 0 Å². The Kier molecular flexibility index (Phi) is 2.91. The first-order valence-electron chi connectivity index (χ1n) is 6.41. The maximum atomic E-state index is 9.31. The molecule has 1 aliphatic rings. The molecule has 5 nitrogen and oxygen atoms in total. The average molecular weight is 246 g/mol. The van der Waals surface area contributed by atoms with Crippen molar-refractivity contribution in [1.82, 2.24) is 14.5 Å². The molecule has 96 valence electrons. The van der Waals surface area contributed by atoms with Crippen molar-refractivity contribution in [2.24, 2.45) is 13.0 Å². The van der Waals surface area contributed by atoms with Crippen molar-refractivity contribution in [3.05, 3.63) is 18.6 Å². The highest BCUT2D eigenvalue weighted by Gasteiger charge is 2.22. The third kappa shape index (κ3) is 1.84. The van der Waals surface area contributed by atoms with E-state index >= 15 is 0 Å². The Morgan fingerprint density at radius 1 is 1.44 bits per heavy atom. The van der Waals surface area contributed by atoms with Crippen LogP contribution in [0.25, 0.3) is 11.0 Å². The Hall–Kier alpha value is -1.62. The molecule has 0 aromatic carbocycles. The summed E-state index contributed by atoms with van der Waals surface area (Å²) in [7, 11) is 1.99. The molecule has 1 saturated heterocycles. The van der Waals surface area contributed by atoms with Crippen LogP contribution in [0.4, 0.5) is 5.82 Å². The van der Waals surface area contributed by atoms with E-state index in [0.717, 1.165) is 42.8 Å². The van der Waals surface area contributed by atoms with Gasteiger partial charge in [0, 0.05) is 32.9 Å². The van der Waals surface area contributed by atoms with Gasteiger partial charge in [0.2, 0.25) is 0 Å². The molecule has 0 spiro atoms.